The first-order valence-electron chi connectivity index (χ1n) is 6.32. The van der Waals surface area contributed by atoms with Crippen molar-refractivity contribution in [2.75, 3.05) is 0 Å². The van der Waals surface area contributed by atoms with E-state index in [-0.39, 0.29) is 17.3 Å². The van der Waals surface area contributed by atoms with Crippen molar-refractivity contribution in [2.45, 2.75) is 31.5 Å². The summed E-state index contributed by atoms with van der Waals surface area (Å²) in [5, 5.41) is 0.550. The largest absolute Gasteiger partial charge is 0.434 e. The molecule has 1 aromatic heterocycles. The van der Waals surface area contributed by atoms with Crippen LogP contribution in [0.5, 0.6) is 0 Å². The fourth-order valence-corrected chi connectivity index (χ4v) is 3.70. The Hall–Kier alpha value is -1.40. The minimum Gasteiger partial charge on any atom is -0.326 e. The highest BCUT2D eigenvalue weighted by atomic mass is 32.1. The Kier molecular flexibility index (Phi) is 3.30. The van der Waals surface area contributed by atoms with E-state index in [0.29, 0.717) is 5.01 Å². The van der Waals surface area contributed by atoms with Gasteiger partial charge in [0, 0.05) is 12.5 Å². The zero-order valence-electron chi connectivity index (χ0n) is 10.6. The summed E-state index contributed by atoms with van der Waals surface area (Å²) in [7, 11) is 0. The lowest BCUT2D eigenvalue weighted by Gasteiger charge is -2.05. The van der Waals surface area contributed by atoms with Crippen LogP contribution in [0, 0.1) is 0 Å². The monoisotopic (exact) mass is 298 g/mol. The summed E-state index contributed by atoms with van der Waals surface area (Å²) in [4.78, 5) is 3.96. The topological polar surface area (TPSA) is 38.9 Å². The molecule has 1 aromatic carbocycles. The minimum atomic E-state index is -4.42. The lowest BCUT2D eigenvalue weighted by atomic mass is 10.1. The molecule has 6 heteroatoms. The highest BCUT2D eigenvalue weighted by Gasteiger charge is 2.38. The molecule has 0 fully saturated rings. The first-order chi connectivity index (χ1) is 9.49. The third-order valence-corrected chi connectivity index (χ3v) is 4.81. The average molecular weight is 298 g/mol. The molecule has 1 heterocycles. The van der Waals surface area contributed by atoms with Crippen molar-refractivity contribution in [3.8, 4) is 0 Å². The zero-order valence-corrected chi connectivity index (χ0v) is 11.4. The fraction of sp³-hybridized carbons (Fsp3) is 0.357. The molecule has 0 aliphatic heterocycles. The maximum atomic E-state index is 12.9. The lowest BCUT2D eigenvalue weighted by Crippen LogP contribution is -2.11. The van der Waals surface area contributed by atoms with Crippen LogP contribution in [-0.2, 0) is 25.6 Å². The predicted octanol–water partition coefficient (Wildman–Crippen LogP) is 3.50. The number of nitrogens with zero attached hydrogens (tertiary/aromatic N) is 1. The molecule has 0 unspecified atom stereocenters. The molecular weight excluding hydrogens is 285 g/mol. The van der Waals surface area contributed by atoms with Crippen molar-refractivity contribution in [2.24, 2.45) is 5.73 Å². The van der Waals surface area contributed by atoms with E-state index in [9.17, 15) is 13.2 Å². The number of alkyl halides is 3. The number of halogens is 3. The second-order valence-electron chi connectivity index (χ2n) is 4.90. The smallest absolute Gasteiger partial charge is 0.326 e. The zero-order chi connectivity index (χ0) is 14.3. The summed E-state index contributed by atoms with van der Waals surface area (Å²) in [6.07, 6.45) is -2.91. The Bertz CT molecular complexity index is 609. The Morgan fingerprint density at radius 1 is 1.20 bits per heavy atom. The first kappa shape index (κ1) is 13.6. The summed E-state index contributed by atoms with van der Waals surface area (Å²) < 4.78 is 38.7. The summed E-state index contributed by atoms with van der Waals surface area (Å²) in [5.41, 5.74) is 7.01. The van der Waals surface area contributed by atoms with Crippen molar-refractivity contribution < 1.29 is 13.2 Å². The molecule has 0 spiro atoms. The predicted molar refractivity (Wildman–Crippen MR) is 71.6 cm³/mol. The van der Waals surface area contributed by atoms with Gasteiger partial charge in [0.15, 0.2) is 5.69 Å². The molecule has 3 rings (SSSR count). The molecule has 0 radical (unpaired) electrons. The molecule has 0 atom stereocenters. The molecule has 2 nitrogen and oxygen atoms in total. The normalized spacial score (nSPS) is 15.6. The Labute approximate surface area is 118 Å². The molecule has 0 bridgehead atoms. The summed E-state index contributed by atoms with van der Waals surface area (Å²) >= 11 is 1.10. The van der Waals surface area contributed by atoms with Crippen LogP contribution in [0.4, 0.5) is 13.2 Å². The van der Waals surface area contributed by atoms with Crippen LogP contribution in [0.2, 0.25) is 0 Å². The summed E-state index contributed by atoms with van der Waals surface area (Å²) in [6, 6.07) is 7.96. The fourth-order valence-electron chi connectivity index (χ4n) is 2.64. The van der Waals surface area contributed by atoms with E-state index in [1.165, 1.54) is 11.1 Å². The van der Waals surface area contributed by atoms with Gasteiger partial charge in [-0.3, -0.25) is 0 Å². The van der Waals surface area contributed by atoms with Crippen LogP contribution in [0.1, 0.15) is 32.6 Å². The van der Waals surface area contributed by atoms with Gasteiger partial charge in [0.2, 0.25) is 0 Å². The van der Waals surface area contributed by atoms with Gasteiger partial charge in [0.1, 0.15) is 0 Å². The average Bonchev–Trinajstić information content (AvgIpc) is 3.01. The number of benzene rings is 1. The van der Waals surface area contributed by atoms with Gasteiger partial charge in [-0.25, -0.2) is 4.98 Å². The van der Waals surface area contributed by atoms with Crippen LogP contribution < -0.4 is 5.73 Å². The number of thiazole rings is 1. The van der Waals surface area contributed by atoms with Crippen LogP contribution in [0.15, 0.2) is 24.3 Å². The minimum absolute atomic E-state index is 0.0406. The lowest BCUT2D eigenvalue weighted by molar-refractivity contribution is -0.141. The van der Waals surface area contributed by atoms with Gasteiger partial charge in [0.25, 0.3) is 0 Å². The van der Waals surface area contributed by atoms with Crippen molar-refractivity contribution >= 4 is 11.3 Å². The number of rotatable bonds is 2. The van der Waals surface area contributed by atoms with Crippen molar-refractivity contribution in [1.82, 2.24) is 4.98 Å². The van der Waals surface area contributed by atoms with Gasteiger partial charge in [0.05, 0.1) is 9.88 Å². The highest BCUT2D eigenvalue weighted by molar-refractivity contribution is 7.11. The van der Waals surface area contributed by atoms with Crippen LogP contribution in [-0.4, -0.2) is 4.98 Å². The van der Waals surface area contributed by atoms with E-state index in [0.717, 1.165) is 24.2 Å². The second kappa shape index (κ2) is 4.86. The van der Waals surface area contributed by atoms with Gasteiger partial charge in [-0.2, -0.15) is 13.2 Å². The summed E-state index contributed by atoms with van der Waals surface area (Å²) in [6.45, 7) is -0.119. The van der Waals surface area contributed by atoms with Gasteiger partial charge in [-0.15, -0.1) is 11.3 Å². The standard InChI is InChI=1S/C14H13F3N2S/c15-14(16,17)12-11(7-18)20-13(19-12)10-5-8-3-1-2-4-9(8)6-10/h1-4,10H,5-7,18H2. The highest BCUT2D eigenvalue weighted by Crippen LogP contribution is 2.40. The van der Waals surface area contributed by atoms with Gasteiger partial charge >= 0.3 is 6.18 Å². The molecule has 1 aliphatic rings. The van der Waals surface area contributed by atoms with E-state index in [2.05, 4.69) is 4.98 Å². The van der Waals surface area contributed by atoms with E-state index in [4.69, 9.17) is 5.73 Å². The molecule has 1 aliphatic carbocycles. The number of fused-ring (bicyclic) bond motifs is 1. The molecule has 0 saturated heterocycles. The molecule has 0 amide bonds. The number of hydrogen-bond donors (Lipinski definition) is 1. The summed E-state index contributed by atoms with van der Waals surface area (Å²) in [5.74, 6) is 0.0406. The quantitative estimate of drug-likeness (QED) is 0.921. The molecule has 106 valence electrons. The van der Waals surface area contributed by atoms with Gasteiger partial charge < -0.3 is 5.73 Å². The van der Waals surface area contributed by atoms with Crippen molar-refractivity contribution in [3.05, 3.63) is 51.0 Å². The first-order valence-corrected chi connectivity index (χ1v) is 7.14. The Balaban J connectivity index is 1.92. The number of hydrogen-bond acceptors (Lipinski definition) is 3. The third kappa shape index (κ3) is 2.33. The molecule has 2 N–H and O–H groups in total. The van der Waals surface area contributed by atoms with E-state index < -0.39 is 11.9 Å². The maximum Gasteiger partial charge on any atom is 0.434 e. The molecular formula is C14H13F3N2S. The van der Waals surface area contributed by atoms with Crippen LogP contribution in [0.25, 0.3) is 0 Å². The number of nitrogens with two attached hydrogens (primary N) is 1. The molecule has 20 heavy (non-hydrogen) atoms. The second-order valence-corrected chi connectivity index (χ2v) is 6.01. The van der Waals surface area contributed by atoms with Crippen LogP contribution >= 0.6 is 11.3 Å². The van der Waals surface area contributed by atoms with Crippen LogP contribution in [0.3, 0.4) is 0 Å². The van der Waals surface area contributed by atoms with Gasteiger partial charge in [-0.05, 0) is 24.0 Å². The van der Waals surface area contributed by atoms with E-state index >= 15 is 0 Å². The Morgan fingerprint density at radius 3 is 2.25 bits per heavy atom. The van der Waals surface area contributed by atoms with Crippen molar-refractivity contribution in [1.29, 1.82) is 0 Å². The van der Waals surface area contributed by atoms with E-state index in [1.54, 1.807) is 0 Å². The number of aromatic nitrogens is 1. The van der Waals surface area contributed by atoms with Gasteiger partial charge in [-0.1, -0.05) is 24.3 Å². The maximum absolute atomic E-state index is 12.9. The third-order valence-electron chi connectivity index (χ3n) is 3.57. The SMILES string of the molecule is NCc1sc(C2Cc3ccccc3C2)nc1C(F)(F)F. The van der Waals surface area contributed by atoms with Crippen molar-refractivity contribution in [3.63, 3.8) is 0 Å². The molecule has 2 aromatic rings. The van der Waals surface area contributed by atoms with E-state index in [1.807, 2.05) is 24.3 Å². The molecule has 0 saturated carbocycles. The Morgan fingerprint density at radius 2 is 1.80 bits per heavy atom.